The summed E-state index contributed by atoms with van der Waals surface area (Å²) in [4.78, 5) is 29.0. The lowest BCUT2D eigenvalue weighted by atomic mass is 10.0. The quantitative estimate of drug-likeness (QED) is 0.430. The van der Waals surface area contributed by atoms with Gasteiger partial charge in [-0.15, -0.1) is 0 Å². The van der Waals surface area contributed by atoms with Crippen molar-refractivity contribution in [2.45, 2.75) is 46.3 Å². The number of methoxy groups -OCH3 is 1. The van der Waals surface area contributed by atoms with Gasteiger partial charge in [0.15, 0.2) is 5.65 Å². The van der Waals surface area contributed by atoms with Crippen LogP contribution in [0.5, 0.6) is 5.75 Å². The van der Waals surface area contributed by atoms with E-state index < -0.39 is 0 Å². The highest BCUT2D eigenvalue weighted by Gasteiger charge is 2.27. The Morgan fingerprint density at radius 1 is 1.11 bits per heavy atom. The van der Waals surface area contributed by atoms with Crippen LogP contribution in [0.15, 0.2) is 59.5 Å². The van der Waals surface area contributed by atoms with Gasteiger partial charge < -0.3 is 14.6 Å². The molecular formula is C28H31N5O3. The van der Waals surface area contributed by atoms with Crippen molar-refractivity contribution in [3.05, 3.63) is 93.0 Å². The lowest BCUT2D eigenvalue weighted by Gasteiger charge is -2.30. The van der Waals surface area contributed by atoms with Crippen molar-refractivity contribution < 1.29 is 9.53 Å². The monoisotopic (exact) mass is 485 g/mol. The van der Waals surface area contributed by atoms with Crippen molar-refractivity contribution >= 4 is 17.2 Å². The highest BCUT2D eigenvalue weighted by molar-refractivity contribution is 6.08. The molecule has 3 heterocycles. The number of hydrogen-bond acceptors (Lipinski definition) is 5. The Morgan fingerprint density at radius 3 is 2.64 bits per heavy atom. The molecule has 0 saturated heterocycles. The van der Waals surface area contributed by atoms with E-state index >= 15 is 0 Å². The fourth-order valence-corrected chi connectivity index (χ4v) is 5.00. The lowest BCUT2D eigenvalue weighted by molar-refractivity contribution is 0.102. The maximum absolute atomic E-state index is 13.5. The molecule has 1 aliphatic heterocycles. The summed E-state index contributed by atoms with van der Waals surface area (Å²) in [5, 5.41) is 7.33. The fraction of sp³-hybridized carbons (Fsp3) is 0.321. The first-order valence-corrected chi connectivity index (χ1v) is 12.4. The van der Waals surface area contributed by atoms with E-state index in [1.165, 1.54) is 16.3 Å². The molecule has 0 fully saturated rings. The molecule has 4 aromatic rings. The minimum absolute atomic E-state index is 0.156. The molecule has 0 atom stereocenters. The molecule has 1 aliphatic rings. The zero-order chi connectivity index (χ0) is 25.2. The number of aryl methyl sites for hydroxylation is 2. The van der Waals surface area contributed by atoms with Crippen LogP contribution in [-0.4, -0.2) is 38.6 Å². The zero-order valence-corrected chi connectivity index (χ0v) is 21.0. The summed E-state index contributed by atoms with van der Waals surface area (Å²) in [5.74, 6) is 0.560. The highest BCUT2D eigenvalue weighted by Crippen LogP contribution is 2.23. The van der Waals surface area contributed by atoms with E-state index in [2.05, 4.69) is 38.9 Å². The third-order valence-electron chi connectivity index (χ3n) is 6.89. The smallest absolute Gasteiger partial charge is 0.279 e. The van der Waals surface area contributed by atoms with Gasteiger partial charge in [-0.05, 0) is 48.7 Å². The molecule has 0 spiro atoms. The van der Waals surface area contributed by atoms with Gasteiger partial charge in [0, 0.05) is 44.0 Å². The van der Waals surface area contributed by atoms with Gasteiger partial charge in [0.05, 0.1) is 18.9 Å². The van der Waals surface area contributed by atoms with Crippen LogP contribution in [0.1, 0.15) is 46.6 Å². The molecule has 0 saturated carbocycles. The van der Waals surface area contributed by atoms with Crippen molar-refractivity contribution in [3.8, 4) is 5.75 Å². The first-order valence-electron chi connectivity index (χ1n) is 12.4. The third kappa shape index (κ3) is 4.40. The van der Waals surface area contributed by atoms with Crippen LogP contribution in [0, 0.1) is 0 Å². The molecule has 8 heteroatoms. The normalized spacial score (nSPS) is 13.5. The number of rotatable bonds is 7. The van der Waals surface area contributed by atoms with Gasteiger partial charge in [-0.25, -0.2) is 0 Å². The Hall–Kier alpha value is -3.91. The first-order chi connectivity index (χ1) is 17.5. The number of nitrogens with one attached hydrogen (secondary N) is 1. The highest BCUT2D eigenvalue weighted by atomic mass is 16.5. The number of aromatic nitrogens is 3. The molecule has 8 nitrogen and oxygen atoms in total. The van der Waals surface area contributed by atoms with Crippen LogP contribution in [0.25, 0.3) is 5.65 Å². The summed E-state index contributed by atoms with van der Waals surface area (Å²) >= 11 is 0. The van der Waals surface area contributed by atoms with Crippen molar-refractivity contribution in [2.24, 2.45) is 0 Å². The maximum atomic E-state index is 13.5. The van der Waals surface area contributed by atoms with E-state index in [4.69, 9.17) is 4.74 Å². The number of carbonyl (C=O) groups excluding carboxylic acids is 1. The number of hydrogen-bond donors (Lipinski definition) is 1. The Morgan fingerprint density at radius 2 is 1.92 bits per heavy atom. The second-order valence-electron chi connectivity index (χ2n) is 9.09. The van der Waals surface area contributed by atoms with Gasteiger partial charge in [0.2, 0.25) is 0 Å². The summed E-state index contributed by atoms with van der Waals surface area (Å²) in [5.41, 5.74) is 5.58. The number of anilines is 1. The molecule has 0 radical (unpaired) electrons. The largest absolute Gasteiger partial charge is 0.497 e. The molecular weight excluding hydrogens is 454 g/mol. The predicted molar refractivity (Wildman–Crippen MR) is 140 cm³/mol. The van der Waals surface area contributed by atoms with E-state index in [1.807, 2.05) is 43.3 Å². The van der Waals surface area contributed by atoms with E-state index in [0.29, 0.717) is 24.3 Å². The Kier molecular flexibility index (Phi) is 6.61. The fourth-order valence-electron chi connectivity index (χ4n) is 5.00. The van der Waals surface area contributed by atoms with Gasteiger partial charge in [-0.1, -0.05) is 31.2 Å². The zero-order valence-electron chi connectivity index (χ0n) is 21.0. The van der Waals surface area contributed by atoms with Gasteiger partial charge in [-0.3, -0.25) is 14.5 Å². The van der Waals surface area contributed by atoms with E-state index in [-0.39, 0.29) is 11.5 Å². The number of benzene rings is 2. The molecule has 0 bridgehead atoms. The average Bonchev–Trinajstić information content (AvgIpc) is 3.35. The van der Waals surface area contributed by atoms with Crippen LogP contribution in [-0.2, 0) is 32.5 Å². The standard InChI is InChI=1S/C28H31N5O3/c1-4-19-7-6-8-21(15-19)30-26(34)23-16-29-33-27(23)32(5-2)25-13-14-31(18-24(25)28(33)35)17-20-9-11-22(36-3)12-10-20/h6-12,15-16H,4-5,13-14,17-18H2,1-3H3,(H,30,34). The maximum Gasteiger partial charge on any atom is 0.279 e. The van der Waals surface area contributed by atoms with Crippen LogP contribution in [0.2, 0.25) is 0 Å². The summed E-state index contributed by atoms with van der Waals surface area (Å²) in [7, 11) is 1.66. The first kappa shape index (κ1) is 23.8. The van der Waals surface area contributed by atoms with Crippen LogP contribution >= 0.6 is 0 Å². The number of carbonyl (C=O) groups is 1. The van der Waals surface area contributed by atoms with Crippen molar-refractivity contribution in [1.82, 2.24) is 19.1 Å². The van der Waals surface area contributed by atoms with Crippen molar-refractivity contribution in [3.63, 3.8) is 0 Å². The molecule has 0 aliphatic carbocycles. The number of fused-ring (bicyclic) bond motifs is 2. The van der Waals surface area contributed by atoms with Crippen molar-refractivity contribution in [1.29, 1.82) is 0 Å². The summed E-state index contributed by atoms with van der Waals surface area (Å²) in [6, 6.07) is 15.8. The molecule has 2 aromatic carbocycles. The van der Waals surface area contributed by atoms with Crippen molar-refractivity contribution in [2.75, 3.05) is 19.0 Å². The number of nitrogens with zero attached hydrogens (tertiary/aromatic N) is 4. The topological polar surface area (TPSA) is 80.9 Å². The minimum Gasteiger partial charge on any atom is -0.497 e. The summed E-state index contributed by atoms with van der Waals surface area (Å²) < 4.78 is 8.71. The van der Waals surface area contributed by atoms with E-state index in [0.717, 1.165) is 54.2 Å². The molecule has 2 aromatic heterocycles. The number of amides is 1. The lowest BCUT2D eigenvalue weighted by Crippen LogP contribution is -2.38. The Balaban J connectivity index is 1.46. The summed E-state index contributed by atoms with van der Waals surface area (Å²) in [6.45, 7) is 6.87. The summed E-state index contributed by atoms with van der Waals surface area (Å²) in [6.07, 6.45) is 3.12. The molecule has 0 unspecified atom stereocenters. The van der Waals surface area contributed by atoms with Crippen LogP contribution < -0.4 is 15.6 Å². The van der Waals surface area contributed by atoms with E-state index in [9.17, 15) is 9.59 Å². The molecule has 5 rings (SSSR count). The second-order valence-corrected chi connectivity index (χ2v) is 9.09. The van der Waals surface area contributed by atoms with Gasteiger partial charge in [-0.2, -0.15) is 9.61 Å². The average molecular weight is 486 g/mol. The second kappa shape index (κ2) is 9.99. The van der Waals surface area contributed by atoms with Crippen LogP contribution in [0.3, 0.4) is 0 Å². The third-order valence-corrected chi connectivity index (χ3v) is 6.89. The Bertz CT molecular complexity index is 1470. The molecule has 36 heavy (non-hydrogen) atoms. The SMILES string of the molecule is CCc1cccc(NC(=O)c2cnn3c(=O)c4c(n(CC)c23)CCN(Cc2ccc(OC)cc2)C4)c1. The molecule has 186 valence electrons. The molecule has 1 N–H and O–H groups in total. The minimum atomic E-state index is -0.267. The van der Waals surface area contributed by atoms with Gasteiger partial charge in [0.25, 0.3) is 11.5 Å². The van der Waals surface area contributed by atoms with Crippen LogP contribution in [0.4, 0.5) is 5.69 Å². The van der Waals surface area contributed by atoms with E-state index in [1.54, 1.807) is 7.11 Å². The van der Waals surface area contributed by atoms with Gasteiger partial charge >= 0.3 is 0 Å². The predicted octanol–water partition coefficient (Wildman–Crippen LogP) is 3.90. The molecule has 1 amide bonds. The van der Waals surface area contributed by atoms with Gasteiger partial charge in [0.1, 0.15) is 11.3 Å². The number of ether oxygens (including phenoxy) is 1. The Labute approximate surface area is 210 Å².